The molecule has 0 radical (unpaired) electrons. The zero-order chi connectivity index (χ0) is 14.2. The van der Waals surface area contributed by atoms with E-state index in [0.717, 1.165) is 5.69 Å². The molecule has 1 aromatic heterocycles. The van der Waals surface area contributed by atoms with Crippen molar-refractivity contribution in [3.63, 3.8) is 0 Å². The first-order chi connectivity index (χ1) is 8.95. The van der Waals surface area contributed by atoms with Crippen molar-refractivity contribution >= 4 is 5.69 Å². The Kier molecular flexibility index (Phi) is 3.89. The lowest BCUT2D eigenvalue weighted by molar-refractivity contribution is -0.386. The zero-order valence-electron chi connectivity index (χ0n) is 12.0. The van der Waals surface area contributed by atoms with Gasteiger partial charge in [-0.1, -0.05) is 0 Å². The van der Waals surface area contributed by atoms with Gasteiger partial charge >= 0.3 is 5.69 Å². The van der Waals surface area contributed by atoms with Crippen LogP contribution in [0, 0.1) is 23.0 Å². The molecule has 2 rings (SSSR count). The monoisotopic (exact) mass is 266 g/mol. The highest BCUT2D eigenvalue weighted by molar-refractivity contribution is 5.41. The van der Waals surface area contributed by atoms with Gasteiger partial charge in [0.15, 0.2) is 0 Å². The molecule has 1 atom stereocenters. The van der Waals surface area contributed by atoms with Crippen LogP contribution in [0.1, 0.15) is 44.1 Å². The average Bonchev–Trinajstić information content (AvgIpc) is 3.10. The SMILES string of the molecule is CNC(Cc1c([N+](=O)[O-])c(C)nn1C(C)C)C1CC1. The van der Waals surface area contributed by atoms with E-state index < -0.39 is 0 Å². The van der Waals surface area contributed by atoms with Crippen LogP contribution in [0.15, 0.2) is 0 Å². The van der Waals surface area contributed by atoms with Gasteiger partial charge in [-0.25, -0.2) is 0 Å². The predicted octanol–water partition coefficient (Wildman–Crippen LogP) is 2.22. The summed E-state index contributed by atoms with van der Waals surface area (Å²) >= 11 is 0. The van der Waals surface area contributed by atoms with Crippen LogP contribution in [0.4, 0.5) is 5.69 Å². The van der Waals surface area contributed by atoms with Crippen molar-refractivity contribution in [1.82, 2.24) is 15.1 Å². The number of nitrogens with zero attached hydrogens (tertiary/aromatic N) is 3. The van der Waals surface area contributed by atoms with Crippen molar-refractivity contribution in [2.75, 3.05) is 7.05 Å². The first kappa shape index (κ1) is 14.0. The number of aromatic nitrogens is 2. The second-order valence-corrected chi connectivity index (χ2v) is 5.61. The first-order valence-electron chi connectivity index (χ1n) is 6.85. The molecule has 1 saturated carbocycles. The van der Waals surface area contributed by atoms with Crippen LogP contribution in [-0.2, 0) is 6.42 Å². The van der Waals surface area contributed by atoms with Crippen LogP contribution in [0.3, 0.4) is 0 Å². The third kappa shape index (κ3) is 2.78. The Hall–Kier alpha value is -1.43. The van der Waals surface area contributed by atoms with Crippen LogP contribution in [-0.4, -0.2) is 27.8 Å². The summed E-state index contributed by atoms with van der Waals surface area (Å²) in [6.07, 6.45) is 3.11. The van der Waals surface area contributed by atoms with Gasteiger partial charge in [-0.15, -0.1) is 0 Å². The number of hydrogen-bond donors (Lipinski definition) is 1. The molecule has 1 heterocycles. The van der Waals surface area contributed by atoms with E-state index in [4.69, 9.17) is 0 Å². The summed E-state index contributed by atoms with van der Waals surface area (Å²) in [6, 6.07) is 0.450. The van der Waals surface area contributed by atoms with Gasteiger partial charge in [0.2, 0.25) is 0 Å². The van der Waals surface area contributed by atoms with Crippen molar-refractivity contribution in [2.24, 2.45) is 5.92 Å². The lowest BCUT2D eigenvalue weighted by atomic mass is 10.1. The van der Waals surface area contributed by atoms with E-state index in [1.165, 1.54) is 12.8 Å². The second-order valence-electron chi connectivity index (χ2n) is 5.61. The summed E-state index contributed by atoms with van der Waals surface area (Å²) in [4.78, 5) is 11.0. The van der Waals surface area contributed by atoms with Gasteiger partial charge < -0.3 is 5.32 Å². The summed E-state index contributed by atoms with van der Waals surface area (Å²) in [5, 5.41) is 18.9. The minimum atomic E-state index is -0.295. The number of nitro groups is 1. The Morgan fingerprint density at radius 1 is 1.53 bits per heavy atom. The van der Waals surface area contributed by atoms with Crippen LogP contribution in [0.2, 0.25) is 0 Å². The van der Waals surface area contributed by atoms with E-state index in [1.54, 1.807) is 11.6 Å². The van der Waals surface area contributed by atoms with Gasteiger partial charge in [0.25, 0.3) is 0 Å². The third-order valence-corrected chi connectivity index (χ3v) is 3.80. The Labute approximate surface area is 113 Å². The van der Waals surface area contributed by atoms with Crippen molar-refractivity contribution in [3.8, 4) is 0 Å². The topological polar surface area (TPSA) is 73.0 Å². The van der Waals surface area contributed by atoms with E-state index in [2.05, 4.69) is 10.4 Å². The van der Waals surface area contributed by atoms with Gasteiger partial charge in [0.05, 0.1) is 4.92 Å². The Balaban J connectivity index is 2.37. The molecule has 106 valence electrons. The lowest BCUT2D eigenvalue weighted by Gasteiger charge is -2.17. The zero-order valence-corrected chi connectivity index (χ0v) is 12.0. The molecule has 0 spiro atoms. The molecule has 19 heavy (non-hydrogen) atoms. The van der Waals surface area contributed by atoms with E-state index in [1.807, 2.05) is 20.9 Å². The number of nitrogens with one attached hydrogen (secondary N) is 1. The van der Waals surface area contributed by atoms with Crippen molar-refractivity contribution < 1.29 is 4.92 Å². The summed E-state index contributed by atoms with van der Waals surface area (Å²) in [5.74, 6) is 0.653. The Morgan fingerprint density at radius 3 is 2.58 bits per heavy atom. The molecule has 1 unspecified atom stereocenters. The molecule has 0 bridgehead atoms. The van der Waals surface area contributed by atoms with Gasteiger partial charge in [0.1, 0.15) is 11.4 Å². The molecule has 1 N–H and O–H groups in total. The smallest absolute Gasteiger partial charge is 0.313 e. The average molecular weight is 266 g/mol. The minimum Gasteiger partial charge on any atom is -0.316 e. The molecule has 6 nitrogen and oxygen atoms in total. The largest absolute Gasteiger partial charge is 0.316 e. The van der Waals surface area contributed by atoms with Gasteiger partial charge in [-0.05, 0) is 46.6 Å². The fraction of sp³-hybridized carbons (Fsp3) is 0.769. The molecular weight excluding hydrogens is 244 g/mol. The molecule has 0 amide bonds. The van der Waals surface area contributed by atoms with Crippen molar-refractivity contribution in [1.29, 1.82) is 0 Å². The van der Waals surface area contributed by atoms with E-state index >= 15 is 0 Å². The quantitative estimate of drug-likeness (QED) is 0.633. The molecule has 0 aromatic carbocycles. The summed E-state index contributed by atoms with van der Waals surface area (Å²) in [6.45, 7) is 5.72. The summed E-state index contributed by atoms with van der Waals surface area (Å²) in [7, 11) is 1.93. The van der Waals surface area contributed by atoms with Crippen molar-refractivity contribution in [2.45, 2.75) is 52.1 Å². The maximum atomic E-state index is 11.3. The Bertz CT molecular complexity index is 477. The Morgan fingerprint density at radius 2 is 2.16 bits per heavy atom. The van der Waals surface area contributed by atoms with E-state index in [9.17, 15) is 10.1 Å². The molecular formula is C13H22N4O2. The third-order valence-electron chi connectivity index (χ3n) is 3.80. The highest BCUT2D eigenvalue weighted by Gasteiger charge is 2.34. The number of likely N-dealkylation sites (N-methyl/N-ethyl adjacent to an activating group) is 1. The molecule has 0 saturated heterocycles. The van der Waals surface area contributed by atoms with Gasteiger partial charge in [-0.3, -0.25) is 14.8 Å². The van der Waals surface area contributed by atoms with Crippen LogP contribution < -0.4 is 5.32 Å². The molecule has 6 heteroatoms. The number of hydrogen-bond acceptors (Lipinski definition) is 4. The number of rotatable bonds is 6. The van der Waals surface area contributed by atoms with Crippen molar-refractivity contribution in [3.05, 3.63) is 21.5 Å². The molecule has 0 aliphatic heterocycles. The van der Waals surface area contributed by atoms with Crippen LogP contribution >= 0.6 is 0 Å². The maximum Gasteiger partial charge on any atom is 0.313 e. The minimum absolute atomic E-state index is 0.138. The lowest BCUT2D eigenvalue weighted by Crippen LogP contribution is -2.31. The fourth-order valence-electron chi connectivity index (χ4n) is 2.65. The molecule has 1 aromatic rings. The maximum absolute atomic E-state index is 11.3. The predicted molar refractivity (Wildman–Crippen MR) is 73.3 cm³/mol. The normalized spacial score (nSPS) is 16.9. The van der Waals surface area contributed by atoms with Crippen LogP contribution in [0.25, 0.3) is 0 Å². The van der Waals surface area contributed by atoms with Crippen LogP contribution in [0.5, 0.6) is 0 Å². The highest BCUT2D eigenvalue weighted by atomic mass is 16.6. The molecule has 1 aliphatic carbocycles. The molecule has 1 aliphatic rings. The second kappa shape index (κ2) is 5.28. The fourth-order valence-corrected chi connectivity index (χ4v) is 2.65. The number of aryl methyl sites for hydroxylation is 1. The van der Waals surface area contributed by atoms with E-state index in [0.29, 0.717) is 24.1 Å². The summed E-state index contributed by atoms with van der Waals surface area (Å²) < 4.78 is 1.81. The molecule has 1 fully saturated rings. The van der Waals surface area contributed by atoms with Gasteiger partial charge in [-0.2, -0.15) is 5.10 Å². The highest BCUT2D eigenvalue weighted by Crippen LogP contribution is 2.36. The summed E-state index contributed by atoms with van der Waals surface area (Å²) in [5.41, 5.74) is 1.46. The first-order valence-corrected chi connectivity index (χ1v) is 6.85. The van der Waals surface area contributed by atoms with Gasteiger partial charge in [0, 0.05) is 18.5 Å². The van der Waals surface area contributed by atoms with E-state index in [-0.39, 0.29) is 16.7 Å². The standard InChI is InChI=1S/C13H22N4O2/c1-8(2)16-12(7-11(14-4)10-5-6-10)13(17(18)19)9(3)15-16/h8,10-11,14H,5-7H2,1-4H3.